The molecule has 0 aliphatic rings. The first-order valence-electron chi connectivity index (χ1n) is 5.31. The molecule has 0 fully saturated rings. The molecular formula is C12H12BrF3OS. The van der Waals surface area contributed by atoms with Crippen LogP contribution < -0.4 is 0 Å². The predicted octanol–water partition coefficient (Wildman–Crippen LogP) is 4.37. The summed E-state index contributed by atoms with van der Waals surface area (Å²) >= 11 is 2.95. The minimum absolute atomic E-state index is 0.00766. The van der Waals surface area contributed by atoms with Crippen molar-refractivity contribution >= 4 is 33.5 Å². The summed E-state index contributed by atoms with van der Waals surface area (Å²) in [7, 11) is 0. The molecule has 0 aliphatic carbocycles. The van der Waals surface area contributed by atoms with E-state index in [4.69, 9.17) is 0 Å². The third-order valence-corrected chi connectivity index (χ3v) is 3.76. The highest BCUT2D eigenvalue weighted by Crippen LogP contribution is 2.38. The van der Waals surface area contributed by atoms with Gasteiger partial charge >= 0.3 is 5.51 Å². The standard InChI is InChI=1S/C12H12BrF3OS/c1-2-9-5-8(6-10(17)7-13)3-4-11(9)18-12(14,15)16/h3-5H,2,6-7H2,1H3. The summed E-state index contributed by atoms with van der Waals surface area (Å²) in [5.74, 6) is 0.00766. The van der Waals surface area contributed by atoms with E-state index in [1.165, 1.54) is 6.07 Å². The van der Waals surface area contributed by atoms with Gasteiger partial charge in [0.2, 0.25) is 0 Å². The number of halogens is 4. The van der Waals surface area contributed by atoms with E-state index in [-0.39, 0.29) is 34.2 Å². The van der Waals surface area contributed by atoms with E-state index in [9.17, 15) is 18.0 Å². The number of thioether (sulfide) groups is 1. The van der Waals surface area contributed by atoms with Gasteiger partial charge in [-0.1, -0.05) is 35.0 Å². The van der Waals surface area contributed by atoms with Crippen molar-refractivity contribution in [2.24, 2.45) is 0 Å². The van der Waals surface area contributed by atoms with Gasteiger partial charge in [-0.05, 0) is 35.4 Å². The lowest BCUT2D eigenvalue weighted by Gasteiger charge is -2.11. The summed E-state index contributed by atoms with van der Waals surface area (Å²) in [6, 6.07) is 4.69. The zero-order valence-corrected chi connectivity index (χ0v) is 12.1. The van der Waals surface area contributed by atoms with Crippen LogP contribution in [0, 0.1) is 0 Å². The molecule has 0 saturated carbocycles. The van der Waals surface area contributed by atoms with E-state index in [0.29, 0.717) is 12.0 Å². The molecule has 0 heterocycles. The van der Waals surface area contributed by atoms with Crippen molar-refractivity contribution < 1.29 is 18.0 Å². The van der Waals surface area contributed by atoms with Crippen molar-refractivity contribution in [2.75, 3.05) is 5.33 Å². The Morgan fingerprint density at radius 1 is 1.39 bits per heavy atom. The Morgan fingerprint density at radius 3 is 2.56 bits per heavy atom. The summed E-state index contributed by atoms with van der Waals surface area (Å²) in [4.78, 5) is 11.5. The van der Waals surface area contributed by atoms with Crippen LogP contribution in [0.5, 0.6) is 0 Å². The van der Waals surface area contributed by atoms with E-state index >= 15 is 0 Å². The van der Waals surface area contributed by atoms with Gasteiger partial charge in [0.05, 0.1) is 5.33 Å². The number of benzene rings is 1. The van der Waals surface area contributed by atoms with Gasteiger partial charge in [-0.3, -0.25) is 4.79 Å². The lowest BCUT2D eigenvalue weighted by Crippen LogP contribution is -2.05. The highest BCUT2D eigenvalue weighted by atomic mass is 79.9. The minimum atomic E-state index is -4.28. The zero-order chi connectivity index (χ0) is 13.8. The van der Waals surface area contributed by atoms with Crippen LogP contribution in [-0.4, -0.2) is 16.6 Å². The number of aryl methyl sites for hydroxylation is 1. The highest BCUT2D eigenvalue weighted by Gasteiger charge is 2.30. The first-order chi connectivity index (χ1) is 8.35. The highest BCUT2D eigenvalue weighted by molar-refractivity contribution is 9.09. The molecule has 0 aromatic heterocycles. The number of rotatable bonds is 5. The average Bonchev–Trinajstić information content (AvgIpc) is 2.29. The maximum Gasteiger partial charge on any atom is 0.446 e. The quantitative estimate of drug-likeness (QED) is 0.584. The van der Waals surface area contributed by atoms with Crippen LogP contribution in [0.2, 0.25) is 0 Å². The molecule has 0 radical (unpaired) electrons. The summed E-state index contributed by atoms with van der Waals surface area (Å²) in [6.07, 6.45) is 0.754. The third kappa shape index (κ3) is 5.02. The Labute approximate surface area is 116 Å². The Balaban J connectivity index is 2.93. The maximum atomic E-state index is 12.3. The van der Waals surface area contributed by atoms with Crippen LogP contribution in [0.3, 0.4) is 0 Å². The Morgan fingerprint density at radius 2 is 2.06 bits per heavy atom. The molecule has 6 heteroatoms. The maximum absolute atomic E-state index is 12.3. The molecule has 0 unspecified atom stereocenters. The summed E-state index contributed by atoms with van der Waals surface area (Å²) in [5, 5.41) is 0.257. The molecule has 0 saturated heterocycles. The molecule has 0 N–H and O–H groups in total. The van der Waals surface area contributed by atoms with Crippen LogP contribution in [0.15, 0.2) is 23.1 Å². The summed E-state index contributed by atoms with van der Waals surface area (Å²) < 4.78 is 37.0. The molecule has 0 aliphatic heterocycles. The molecule has 0 amide bonds. The van der Waals surface area contributed by atoms with E-state index < -0.39 is 5.51 Å². The lowest BCUT2D eigenvalue weighted by atomic mass is 10.0. The topological polar surface area (TPSA) is 17.1 Å². The van der Waals surface area contributed by atoms with E-state index in [2.05, 4.69) is 15.9 Å². The Hall–Kier alpha value is -0.490. The van der Waals surface area contributed by atoms with Crippen LogP contribution in [0.1, 0.15) is 18.1 Å². The normalized spacial score (nSPS) is 11.6. The Bertz CT molecular complexity index is 432. The SMILES string of the molecule is CCc1cc(CC(=O)CBr)ccc1SC(F)(F)F. The number of carbonyl (C=O) groups excluding carboxylic acids is 1. The van der Waals surface area contributed by atoms with Crippen molar-refractivity contribution in [2.45, 2.75) is 30.2 Å². The van der Waals surface area contributed by atoms with Crippen LogP contribution in [-0.2, 0) is 17.6 Å². The molecule has 0 atom stereocenters. The number of hydrogen-bond donors (Lipinski definition) is 0. The fourth-order valence-electron chi connectivity index (χ4n) is 1.52. The van der Waals surface area contributed by atoms with Gasteiger partial charge in [0.25, 0.3) is 0 Å². The van der Waals surface area contributed by atoms with Gasteiger partial charge in [0, 0.05) is 11.3 Å². The second kappa shape index (κ2) is 6.61. The Kier molecular flexibility index (Phi) is 5.72. The fraction of sp³-hybridized carbons (Fsp3) is 0.417. The van der Waals surface area contributed by atoms with E-state index in [0.717, 1.165) is 5.56 Å². The van der Waals surface area contributed by atoms with Gasteiger partial charge in [-0.25, -0.2) is 0 Å². The smallest absolute Gasteiger partial charge is 0.298 e. The molecule has 1 nitrogen and oxygen atoms in total. The molecule has 18 heavy (non-hydrogen) atoms. The van der Waals surface area contributed by atoms with Crippen LogP contribution in [0.4, 0.5) is 13.2 Å². The van der Waals surface area contributed by atoms with Gasteiger partial charge in [0.15, 0.2) is 0 Å². The first kappa shape index (κ1) is 15.6. The van der Waals surface area contributed by atoms with Gasteiger partial charge in [-0.15, -0.1) is 0 Å². The second-order valence-electron chi connectivity index (χ2n) is 3.69. The molecular weight excluding hydrogens is 329 g/mol. The lowest BCUT2D eigenvalue weighted by molar-refractivity contribution is -0.115. The average molecular weight is 341 g/mol. The number of carbonyl (C=O) groups is 1. The number of Topliss-reactive ketones (excluding diaryl/α,β-unsaturated/α-hetero) is 1. The zero-order valence-electron chi connectivity index (χ0n) is 9.68. The third-order valence-electron chi connectivity index (χ3n) is 2.28. The monoisotopic (exact) mass is 340 g/mol. The second-order valence-corrected chi connectivity index (χ2v) is 5.36. The van der Waals surface area contributed by atoms with E-state index in [1.807, 2.05) is 0 Å². The molecule has 0 spiro atoms. The first-order valence-corrected chi connectivity index (χ1v) is 7.24. The largest absolute Gasteiger partial charge is 0.446 e. The number of hydrogen-bond acceptors (Lipinski definition) is 2. The number of ketones is 1. The van der Waals surface area contributed by atoms with E-state index in [1.54, 1.807) is 19.1 Å². The van der Waals surface area contributed by atoms with Crippen LogP contribution >= 0.6 is 27.7 Å². The predicted molar refractivity (Wildman–Crippen MR) is 70.2 cm³/mol. The van der Waals surface area contributed by atoms with Crippen molar-refractivity contribution in [3.8, 4) is 0 Å². The molecule has 100 valence electrons. The molecule has 1 aromatic carbocycles. The van der Waals surface area contributed by atoms with Crippen molar-refractivity contribution in [3.05, 3.63) is 29.3 Å². The van der Waals surface area contributed by atoms with Gasteiger partial charge in [0.1, 0.15) is 5.78 Å². The summed E-state index contributed by atoms with van der Waals surface area (Å²) in [6.45, 7) is 1.80. The fourth-order valence-corrected chi connectivity index (χ4v) is 2.44. The van der Waals surface area contributed by atoms with Crippen molar-refractivity contribution in [1.29, 1.82) is 0 Å². The molecule has 1 rings (SSSR count). The van der Waals surface area contributed by atoms with Crippen molar-refractivity contribution in [1.82, 2.24) is 0 Å². The van der Waals surface area contributed by atoms with Crippen LogP contribution in [0.25, 0.3) is 0 Å². The molecule has 1 aromatic rings. The van der Waals surface area contributed by atoms with Gasteiger partial charge < -0.3 is 0 Å². The summed E-state index contributed by atoms with van der Waals surface area (Å²) in [5.41, 5.74) is -2.91. The van der Waals surface area contributed by atoms with Gasteiger partial charge in [-0.2, -0.15) is 13.2 Å². The minimum Gasteiger partial charge on any atom is -0.298 e. The number of alkyl halides is 4. The molecule has 0 bridgehead atoms. The van der Waals surface area contributed by atoms with Crippen molar-refractivity contribution in [3.63, 3.8) is 0 Å².